The van der Waals surface area contributed by atoms with Gasteiger partial charge >= 0.3 is 0 Å². The number of benzene rings is 1. The molecule has 2 aromatic rings. The van der Waals surface area contributed by atoms with Crippen LogP contribution in [0.4, 0.5) is 0 Å². The van der Waals surface area contributed by atoms with Crippen LogP contribution in [0.5, 0.6) is 5.75 Å². The van der Waals surface area contributed by atoms with Crippen molar-refractivity contribution in [2.45, 2.75) is 18.4 Å². The van der Waals surface area contributed by atoms with E-state index in [1.807, 2.05) is 0 Å². The first-order chi connectivity index (χ1) is 8.47. The maximum Gasteiger partial charge on any atom is 0.261 e. The Labute approximate surface area is 108 Å². The molecule has 8 heteroatoms. The van der Waals surface area contributed by atoms with E-state index in [4.69, 9.17) is 15.4 Å². The van der Waals surface area contributed by atoms with E-state index in [0.29, 0.717) is 17.1 Å². The van der Waals surface area contributed by atoms with Crippen molar-refractivity contribution >= 4 is 19.7 Å². The normalized spacial score (nSPS) is 11.4. The number of hydrogen-bond acceptors (Lipinski definition) is 6. The Kier molecular flexibility index (Phi) is 3.53. The van der Waals surface area contributed by atoms with Gasteiger partial charge in [-0.2, -0.15) is 4.98 Å². The summed E-state index contributed by atoms with van der Waals surface area (Å²) in [5.74, 6) is 0.906. The molecule has 0 spiro atoms. The molecular formula is C10H9ClN2O4S. The lowest BCUT2D eigenvalue weighted by molar-refractivity contribution is 0.286. The van der Waals surface area contributed by atoms with Gasteiger partial charge in [0, 0.05) is 10.7 Å². The van der Waals surface area contributed by atoms with E-state index in [9.17, 15) is 8.42 Å². The second-order valence-electron chi connectivity index (χ2n) is 3.50. The summed E-state index contributed by atoms with van der Waals surface area (Å²) in [6, 6.07) is 4.49. The molecule has 0 bridgehead atoms. The van der Waals surface area contributed by atoms with Crippen LogP contribution in [-0.4, -0.2) is 18.6 Å². The molecule has 2 rings (SSSR count). The minimum absolute atomic E-state index is 0.0658. The zero-order chi connectivity index (χ0) is 13.2. The topological polar surface area (TPSA) is 82.3 Å². The van der Waals surface area contributed by atoms with Crippen molar-refractivity contribution in [3.63, 3.8) is 0 Å². The quantitative estimate of drug-likeness (QED) is 0.799. The Balaban J connectivity index is 2.14. The van der Waals surface area contributed by atoms with Crippen molar-refractivity contribution in [1.82, 2.24) is 10.1 Å². The van der Waals surface area contributed by atoms with Gasteiger partial charge in [0.25, 0.3) is 9.05 Å². The van der Waals surface area contributed by atoms with Crippen molar-refractivity contribution in [2.24, 2.45) is 0 Å². The van der Waals surface area contributed by atoms with Gasteiger partial charge in [0.2, 0.25) is 12.2 Å². The van der Waals surface area contributed by atoms with Crippen LogP contribution in [0.25, 0.3) is 0 Å². The van der Waals surface area contributed by atoms with Crippen molar-refractivity contribution in [3.05, 3.63) is 36.0 Å². The van der Waals surface area contributed by atoms with Gasteiger partial charge in [0.1, 0.15) is 5.75 Å². The first-order valence-corrected chi connectivity index (χ1v) is 7.21. The summed E-state index contributed by atoms with van der Waals surface area (Å²) < 4.78 is 32.3. The molecule has 0 unspecified atom stereocenters. The molecule has 6 nitrogen and oxygen atoms in total. The highest BCUT2D eigenvalue weighted by Crippen LogP contribution is 2.24. The summed E-state index contributed by atoms with van der Waals surface area (Å²) in [6.45, 7) is 1.78. The van der Waals surface area contributed by atoms with E-state index >= 15 is 0 Å². The van der Waals surface area contributed by atoms with Gasteiger partial charge in [-0.25, -0.2) is 8.42 Å². The van der Waals surface area contributed by atoms with Crippen molar-refractivity contribution in [3.8, 4) is 5.75 Å². The van der Waals surface area contributed by atoms with Crippen LogP contribution in [-0.2, 0) is 15.7 Å². The van der Waals surface area contributed by atoms with E-state index in [2.05, 4.69) is 14.7 Å². The summed E-state index contributed by atoms with van der Waals surface area (Å²) in [7, 11) is 1.54. The van der Waals surface area contributed by atoms with Crippen molar-refractivity contribution in [2.75, 3.05) is 0 Å². The lowest BCUT2D eigenvalue weighted by atomic mass is 10.2. The highest BCUT2D eigenvalue weighted by atomic mass is 35.7. The molecule has 0 radical (unpaired) electrons. The minimum Gasteiger partial charge on any atom is -0.485 e. The molecule has 96 valence electrons. The Hall–Kier alpha value is -1.60. The molecule has 0 aliphatic heterocycles. The molecule has 0 aliphatic rings. The molecule has 0 fully saturated rings. The van der Waals surface area contributed by atoms with E-state index < -0.39 is 9.05 Å². The summed E-state index contributed by atoms with van der Waals surface area (Å²) in [6.07, 6.45) is 1.20. The van der Waals surface area contributed by atoms with Crippen LogP contribution in [0.2, 0.25) is 0 Å². The molecule has 0 saturated heterocycles. The number of aromatic nitrogens is 2. The van der Waals surface area contributed by atoms with Gasteiger partial charge in [0.05, 0.1) is 4.90 Å². The number of hydrogen-bond donors (Lipinski definition) is 0. The standard InChI is InChI=1S/C10H9ClN2O4S/c1-7-4-8(2-3-9(7)18(11,14)15)16-5-10-12-6-17-13-10/h2-4,6H,5H2,1H3. The smallest absolute Gasteiger partial charge is 0.261 e. The molecule has 0 saturated carbocycles. The van der Waals surface area contributed by atoms with Gasteiger partial charge in [-0.15, -0.1) is 0 Å². The number of aryl methyl sites for hydroxylation is 1. The van der Waals surface area contributed by atoms with Crippen molar-refractivity contribution in [1.29, 1.82) is 0 Å². The number of rotatable bonds is 4. The molecular weight excluding hydrogens is 280 g/mol. The predicted molar refractivity (Wildman–Crippen MR) is 62.8 cm³/mol. The molecule has 0 amide bonds. The summed E-state index contributed by atoms with van der Waals surface area (Å²) >= 11 is 0. The summed E-state index contributed by atoms with van der Waals surface area (Å²) in [5, 5.41) is 3.58. The van der Waals surface area contributed by atoms with Crippen LogP contribution < -0.4 is 4.74 Å². The van der Waals surface area contributed by atoms with E-state index in [1.54, 1.807) is 13.0 Å². The molecule has 1 aromatic heterocycles. The Bertz CT molecular complexity index is 640. The van der Waals surface area contributed by atoms with Crippen LogP contribution in [0.1, 0.15) is 11.4 Å². The second-order valence-corrected chi connectivity index (χ2v) is 6.04. The van der Waals surface area contributed by atoms with Gasteiger partial charge in [-0.3, -0.25) is 0 Å². The first kappa shape index (κ1) is 12.8. The molecule has 0 aliphatic carbocycles. The second kappa shape index (κ2) is 4.95. The Morgan fingerprint density at radius 1 is 1.44 bits per heavy atom. The van der Waals surface area contributed by atoms with E-state index in [0.717, 1.165) is 0 Å². The molecule has 0 N–H and O–H groups in total. The Morgan fingerprint density at radius 3 is 2.78 bits per heavy atom. The zero-order valence-electron chi connectivity index (χ0n) is 9.33. The summed E-state index contributed by atoms with van der Waals surface area (Å²) in [4.78, 5) is 3.86. The molecule has 0 atom stereocenters. The predicted octanol–water partition coefficient (Wildman–Crippen LogP) is 1.88. The third kappa shape index (κ3) is 2.99. The van der Waals surface area contributed by atoms with E-state index in [1.165, 1.54) is 18.5 Å². The average Bonchev–Trinajstić information content (AvgIpc) is 2.77. The SMILES string of the molecule is Cc1cc(OCc2ncon2)ccc1S(=O)(=O)Cl. The fraction of sp³-hybridized carbons (Fsp3) is 0.200. The average molecular weight is 289 g/mol. The lowest BCUT2D eigenvalue weighted by Crippen LogP contribution is -1.99. The first-order valence-electron chi connectivity index (χ1n) is 4.90. The maximum absolute atomic E-state index is 11.2. The largest absolute Gasteiger partial charge is 0.485 e. The third-order valence-electron chi connectivity index (χ3n) is 2.18. The third-order valence-corrected chi connectivity index (χ3v) is 3.67. The van der Waals surface area contributed by atoms with E-state index in [-0.39, 0.29) is 11.5 Å². The molecule has 18 heavy (non-hydrogen) atoms. The van der Waals surface area contributed by atoms with Gasteiger partial charge in [-0.05, 0) is 30.7 Å². The highest BCUT2D eigenvalue weighted by Gasteiger charge is 2.13. The highest BCUT2D eigenvalue weighted by molar-refractivity contribution is 8.13. The van der Waals surface area contributed by atoms with Gasteiger partial charge < -0.3 is 9.26 Å². The monoisotopic (exact) mass is 288 g/mol. The van der Waals surface area contributed by atoms with Crippen LogP contribution in [0, 0.1) is 6.92 Å². The van der Waals surface area contributed by atoms with Gasteiger partial charge in [0.15, 0.2) is 6.61 Å². The lowest BCUT2D eigenvalue weighted by Gasteiger charge is -2.06. The maximum atomic E-state index is 11.2. The van der Waals surface area contributed by atoms with Crippen LogP contribution in [0.3, 0.4) is 0 Å². The number of halogens is 1. The fourth-order valence-electron chi connectivity index (χ4n) is 1.39. The van der Waals surface area contributed by atoms with Crippen LogP contribution in [0.15, 0.2) is 34.0 Å². The zero-order valence-corrected chi connectivity index (χ0v) is 10.9. The van der Waals surface area contributed by atoms with Gasteiger partial charge in [-0.1, -0.05) is 5.16 Å². The minimum atomic E-state index is -3.73. The Morgan fingerprint density at radius 2 is 2.22 bits per heavy atom. The molecule has 1 heterocycles. The van der Waals surface area contributed by atoms with Crippen molar-refractivity contribution < 1.29 is 17.7 Å². The fourth-order valence-corrected chi connectivity index (χ4v) is 2.58. The molecule has 1 aromatic carbocycles. The summed E-state index contributed by atoms with van der Waals surface area (Å²) in [5.41, 5.74) is 0.510. The number of nitrogens with zero attached hydrogens (tertiary/aromatic N) is 2. The number of ether oxygens (including phenoxy) is 1. The van der Waals surface area contributed by atoms with Crippen LogP contribution >= 0.6 is 10.7 Å².